The Morgan fingerprint density at radius 3 is 3.12 bits per heavy atom. The molecule has 0 spiro atoms. The van der Waals surface area contributed by atoms with Crippen molar-refractivity contribution in [3.63, 3.8) is 0 Å². The molecule has 0 aliphatic carbocycles. The number of hydrogen-bond donors (Lipinski definition) is 2. The molecule has 0 radical (unpaired) electrons. The summed E-state index contributed by atoms with van der Waals surface area (Å²) in [7, 11) is -0.972. The number of rotatable bonds is 3. The normalized spacial score (nSPS) is 13.8. The molecular weight excluding hydrogens is 211 g/mol. The van der Waals surface area contributed by atoms with Crippen LogP contribution >= 0.6 is 0 Å². The highest BCUT2D eigenvalue weighted by Gasteiger charge is 2.28. The third-order valence-corrected chi connectivity index (χ3v) is 2.37. The largest absolute Gasteiger partial charge is 0.491 e. The van der Waals surface area contributed by atoms with Gasteiger partial charge >= 0.3 is 13.1 Å². The van der Waals surface area contributed by atoms with Crippen LogP contribution in [0, 0.1) is 0 Å². The van der Waals surface area contributed by atoms with Crippen LogP contribution in [0.1, 0.15) is 15.9 Å². The molecule has 2 N–H and O–H groups in total. The van der Waals surface area contributed by atoms with Gasteiger partial charge in [0.15, 0.2) is 0 Å². The molecule has 0 saturated heterocycles. The lowest BCUT2D eigenvalue weighted by atomic mass is 9.79. The summed E-state index contributed by atoms with van der Waals surface area (Å²) in [5, 5.41) is 18.0. The molecule has 1 heterocycles. The summed E-state index contributed by atoms with van der Waals surface area (Å²) >= 11 is 0. The molecule has 1 aromatic rings. The fraction of sp³-hybridized carbons (Fsp3) is 0.300. The van der Waals surface area contributed by atoms with E-state index in [1.165, 1.54) is 0 Å². The third kappa shape index (κ3) is 2.09. The second-order valence-electron chi connectivity index (χ2n) is 3.44. The Balaban J connectivity index is 2.17. The quantitative estimate of drug-likeness (QED) is 0.509. The molecular formula is C10H11BO5. The Hall–Kier alpha value is -1.37. The van der Waals surface area contributed by atoms with Crippen molar-refractivity contribution in [2.24, 2.45) is 0 Å². The lowest BCUT2D eigenvalue weighted by molar-refractivity contribution is 0.0434. The number of aliphatic hydroxyl groups excluding tert-OH is 1. The van der Waals surface area contributed by atoms with Gasteiger partial charge in [-0.15, -0.1) is 0 Å². The molecule has 0 saturated carbocycles. The van der Waals surface area contributed by atoms with E-state index in [2.05, 4.69) is 0 Å². The van der Waals surface area contributed by atoms with Gasteiger partial charge in [-0.25, -0.2) is 4.79 Å². The molecule has 84 valence electrons. The monoisotopic (exact) mass is 222 g/mol. The molecule has 2 rings (SSSR count). The van der Waals surface area contributed by atoms with Crippen molar-refractivity contribution >= 4 is 18.6 Å². The third-order valence-electron chi connectivity index (χ3n) is 2.37. The molecule has 6 heteroatoms. The van der Waals surface area contributed by atoms with Crippen molar-refractivity contribution < 1.29 is 24.3 Å². The molecule has 1 aliphatic heterocycles. The summed E-state index contributed by atoms with van der Waals surface area (Å²) in [5.74, 6) is -0.518. The minimum absolute atomic E-state index is 0.0328. The number of ether oxygens (including phenoxy) is 1. The summed E-state index contributed by atoms with van der Waals surface area (Å²) in [6, 6.07) is 4.88. The summed E-state index contributed by atoms with van der Waals surface area (Å²) in [4.78, 5) is 11.5. The fourth-order valence-corrected chi connectivity index (χ4v) is 1.56. The lowest BCUT2D eigenvalue weighted by Crippen LogP contribution is -2.29. The smallest absolute Gasteiger partial charge is 0.460 e. The van der Waals surface area contributed by atoms with Gasteiger partial charge in [0.1, 0.15) is 6.61 Å². The van der Waals surface area contributed by atoms with Crippen LogP contribution in [0.25, 0.3) is 0 Å². The number of carbonyl (C=O) groups excluding carboxylic acids is 1. The lowest BCUT2D eigenvalue weighted by Gasteiger charge is -2.04. The first-order chi connectivity index (χ1) is 7.72. The molecule has 0 fully saturated rings. The van der Waals surface area contributed by atoms with Crippen molar-refractivity contribution in [3.8, 4) is 0 Å². The van der Waals surface area contributed by atoms with E-state index in [-0.39, 0.29) is 13.2 Å². The van der Waals surface area contributed by atoms with Crippen molar-refractivity contribution in [1.29, 1.82) is 0 Å². The van der Waals surface area contributed by atoms with E-state index in [4.69, 9.17) is 14.5 Å². The minimum Gasteiger partial charge on any atom is -0.460 e. The van der Waals surface area contributed by atoms with Gasteiger partial charge in [-0.2, -0.15) is 0 Å². The number of hydrogen-bond acceptors (Lipinski definition) is 5. The Morgan fingerprint density at radius 1 is 1.56 bits per heavy atom. The predicted octanol–water partition coefficient (Wildman–Crippen LogP) is -0.947. The van der Waals surface area contributed by atoms with Crippen molar-refractivity contribution in [2.45, 2.75) is 6.61 Å². The summed E-state index contributed by atoms with van der Waals surface area (Å²) in [5.41, 5.74) is 1.81. The molecule has 0 unspecified atom stereocenters. The number of carbonyl (C=O) groups is 1. The van der Waals surface area contributed by atoms with E-state index in [1.54, 1.807) is 18.2 Å². The second-order valence-corrected chi connectivity index (χ2v) is 3.44. The van der Waals surface area contributed by atoms with Crippen LogP contribution in [0.15, 0.2) is 18.2 Å². The average Bonchev–Trinajstić information content (AvgIpc) is 2.67. The molecule has 0 atom stereocenters. The molecule has 0 bridgehead atoms. The van der Waals surface area contributed by atoms with Gasteiger partial charge in [-0.1, -0.05) is 6.07 Å². The van der Waals surface area contributed by atoms with E-state index < -0.39 is 13.1 Å². The van der Waals surface area contributed by atoms with Crippen LogP contribution in [0.3, 0.4) is 0 Å². The van der Waals surface area contributed by atoms with Gasteiger partial charge in [0, 0.05) is 0 Å². The highest BCUT2D eigenvalue weighted by Crippen LogP contribution is 2.12. The Kier molecular flexibility index (Phi) is 3.23. The van der Waals surface area contributed by atoms with Crippen LogP contribution in [0.5, 0.6) is 0 Å². The van der Waals surface area contributed by atoms with E-state index in [9.17, 15) is 9.82 Å². The second kappa shape index (κ2) is 4.65. The first-order valence-corrected chi connectivity index (χ1v) is 4.93. The van der Waals surface area contributed by atoms with Gasteiger partial charge in [0.2, 0.25) is 0 Å². The number of benzene rings is 1. The zero-order valence-electron chi connectivity index (χ0n) is 8.55. The summed E-state index contributed by atoms with van der Waals surface area (Å²) < 4.78 is 9.76. The van der Waals surface area contributed by atoms with Crippen LogP contribution in [0.2, 0.25) is 0 Å². The van der Waals surface area contributed by atoms with Crippen molar-refractivity contribution in [2.75, 3.05) is 13.2 Å². The van der Waals surface area contributed by atoms with E-state index in [0.29, 0.717) is 17.6 Å². The van der Waals surface area contributed by atoms with Crippen molar-refractivity contribution in [3.05, 3.63) is 29.3 Å². The molecule has 1 aromatic carbocycles. The number of aliphatic hydroxyl groups is 1. The molecule has 0 aromatic heterocycles. The molecule has 5 nitrogen and oxygen atoms in total. The maximum absolute atomic E-state index is 11.5. The Bertz CT molecular complexity index is 406. The first-order valence-electron chi connectivity index (χ1n) is 4.93. The molecule has 16 heavy (non-hydrogen) atoms. The van der Waals surface area contributed by atoms with Gasteiger partial charge in [-0.3, -0.25) is 0 Å². The fourth-order valence-electron chi connectivity index (χ4n) is 1.56. The van der Waals surface area contributed by atoms with Gasteiger partial charge in [0.05, 0.1) is 18.8 Å². The van der Waals surface area contributed by atoms with Gasteiger partial charge in [0.25, 0.3) is 0 Å². The van der Waals surface area contributed by atoms with Gasteiger partial charge in [-0.05, 0) is 23.2 Å². The van der Waals surface area contributed by atoms with Gasteiger partial charge < -0.3 is 19.5 Å². The van der Waals surface area contributed by atoms with E-state index in [1.807, 2.05) is 0 Å². The first kappa shape index (κ1) is 11.1. The highest BCUT2D eigenvalue weighted by atomic mass is 16.5. The van der Waals surface area contributed by atoms with E-state index >= 15 is 0 Å². The predicted molar refractivity (Wildman–Crippen MR) is 56.2 cm³/mol. The molecule has 1 aliphatic rings. The summed E-state index contributed by atoms with van der Waals surface area (Å²) in [6.45, 7) is 0.111. The standard InChI is InChI=1S/C10H11BO5/c12-3-4-15-10(13)7-1-2-8-6-16-11(14)9(8)5-7/h1-2,5,12,14H,3-4,6H2. The average molecular weight is 222 g/mol. The highest BCUT2D eigenvalue weighted by molar-refractivity contribution is 6.61. The Morgan fingerprint density at radius 2 is 2.38 bits per heavy atom. The minimum atomic E-state index is -0.972. The van der Waals surface area contributed by atoms with E-state index in [0.717, 1.165) is 5.56 Å². The molecule has 0 amide bonds. The SMILES string of the molecule is O=C(OCCO)c1ccc2c(c1)B(O)OC2. The number of esters is 1. The number of fused-ring (bicyclic) bond motifs is 1. The van der Waals surface area contributed by atoms with Crippen LogP contribution in [-0.2, 0) is 16.0 Å². The Labute approximate surface area is 92.8 Å². The van der Waals surface area contributed by atoms with Crippen molar-refractivity contribution in [1.82, 2.24) is 0 Å². The maximum Gasteiger partial charge on any atom is 0.491 e. The summed E-state index contributed by atoms with van der Waals surface area (Å²) in [6.07, 6.45) is 0. The topological polar surface area (TPSA) is 76.0 Å². The van der Waals surface area contributed by atoms with Crippen LogP contribution in [-0.4, -0.2) is 36.4 Å². The maximum atomic E-state index is 11.5. The van der Waals surface area contributed by atoms with Crippen LogP contribution < -0.4 is 5.46 Å². The zero-order valence-corrected chi connectivity index (χ0v) is 8.55. The zero-order chi connectivity index (χ0) is 11.5. The van der Waals surface area contributed by atoms with Crippen LogP contribution in [0.4, 0.5) is 0 Å².